The van der Waals surface area contributed by atoms with Crippen LogP contribution in [-0.4, -0.2) is 97.6 Å². The zero-order valence-electron chi connectivity index (χ0n) is 19.1. The van der Waals surface area contributed by atoms with Crippen molar-refractivity contribution in [1.82, 2.24) is 14.9 Å². The van der Waals surface area contributed by atoms with Crippen LogP contribution in [-0.2, 0) is 16.4 Å². The fourth-order valence-corrected chi connectivity index (χ4v) is 6.57. The molecule has 0 amide bonds. The van der Waals surface area contributed by atoms with Crippen LogP contribution in [0.15, 0.2) is 12.1 Å². The third-order valence-corrected chi connectivity index (χ3v) is 8.08. The first-order valence-corrected chi connectivity index (χ1v) is 13.1. The Morgan fingerprint density at radius 3 is 2.39 bits per heavy atom. The van der Waals surface area contributed by atoms with Gasteiger partial charge in [-0.15, -0.1) is 0 Å². The first-order valence-electron chi connectivity index (χ1n) is 11.3. The minimum absolute atomic E-state index is 0.147. The Morgan fingerprint density at radius 2 is 1.79 bits per heavy atom. The number of benzene rings is 1. The highest BCUT2D eigenvalue weighted by atomic mass is 32.2. The number of anilines is 1. The molecule has 0 unspecified atom stereocenters. The molecule has 0 spiro atoms. The van der Waals surface area contributed by atoms with Crippen LogP contribution in [0.3, 0.4) is 0 Å². The molecule has 1 aromatic heterocycles. The zero-order chi connectivity index (χ0) is 23.6. The van der Waals surface area contributed by atoms with Gasteiger partial charge in [-0.1, -0.05) is 0 Å². The topological polar surface area (TPSA) is 125 Å². The summed E-state index contributed by atoms with van der Waals surface area (Å²) in [5.41, 5.74) is 0.696. The molecular formula is C22H32N4O6S. The molecule has 2 atom stereocenters. The first-order chi connectivity index (χ1) is 15.8. The number of aromatic nitrogens is 2. The lowest BCUT2D eigenvalue weighted by molar-refractivity contribution is 0.0640. The molecule has 2 saturated heterocycles. The van der Waals surface area contributed by atoms with Crippen LogP contribution in [0, 0.1) is 0 Å². The summed E-state index contributed by atoms with van der Waals surface area (Å²) in [7, 11) is -0.168. The van der Waals surface area contributed by atoms with E-state index in [9.17, 15) is 18.6 Å². The second-order valence-corrected chi connectivity index (χ2v) is 10.8. The summed E-state index contributed by atoms with van der Waals surface area (Å²) in [6.45, 7) is 2.03. The Kier molecular flexibility index (Phi) is 7.22. The maximum Gasteiger partial charge on any atom is 0.162 e. The lowest BCUT2D eigenvalue weighted by Crippen LogP contribution is -2.44. The van der Waals surface area contributed by atoms with Gasteiger partial charge in [0.05, 0.1) is 56.5 Å². The molecule has 33 heavy (non-hydrogen) atoms. The van der Waals surface area contributed by atoms with E-state index < -0.39 is 22.0 Å². The van der Waals surface area contributed by atoms with Gasteiger partial charge in [-0.05, 0) is 25.3 Å². The monoisotopic (exact) mass is 480 g/mol. The molecule has 1 aromatic carbocycles. The van der Waals surface area contributed by atoms with Crippen molar-refractivity contribution >= 4 is 26.6 Å². The standard InChI is InChI=1S/C22H32N4O6S/c1-31-19-10-15-16(11-20(19)32-2)23-21(24-22(15)25-6-4-3-5-7-25)12-26(8-9-27)17-13-33(29,30)14-18(17)28/h10-11,17-18,27-28H,3-9,12-14H2,1-2H3/t17-,18-/m1/s1. The van der Waals surface area contributed by atoms with Crippen LogP contribution in [0.5, 0.6) is 11.5 Å². The zero-order valence-corrected chi connectivity index (χ0v) is 19.9. The summed E-state index contributed by atoms with van der Waals surface area (Å²) in [6.07, 6.45) is 2.34. The van der Waals surface area contributed by atoms with Crippen LogP contribution in [0.4, 0.5) is 5.82 Å². The van der Waals surface area contributed by atoms with Crippen molar-refractivity contribution in [3.05, 3.63) is 18.0 Å². The number of methoxy groups -OCH3 is 2. The van der Waals surface area contributed by atoms with Crippen molar-refractivity contribution < 1.29 is 28.1 Å². The van der Waals surface area contributed by atoms with Crippen molar-refractivity contribution in [2.45, 2.75) is 38.0 Å². The summed E-state index contributed by atoms with van der Waals surface area (Å²) in [5.74, 6) is 2.05. The minimum atomic E-state index is -3.33. The van der Waals surface area contributed by atoms with Crippen LogP contribution in [0.1, 0.15) is 25.1 Å². The predicted octanol–water partition coefficient (Wildman–Crippen LogP) is 0.590. The SMILES string of the molecule is COc1cc2nc(CN(CCO)[C@@H]3CS(=O)(=O)C[C@H]3O)nc(N3CCCCC3)c2cc1OC. The molecule has 182 valence electrons. The molecule has 2 fully saturated rings. The second-order valence-electron chi connectivity index (χ2n) is 8.64. The van der Waals surface area contributed by atoms with Crippen LogP contribution < -0.4 is 14.4 Å². The van der Waals surface area contributed by atoms with E-state index in [1.807, 2.05) is 12.1 Å². The predicted molar refractivity (Wildman–Crippen MR) is 125 cm³/mol. The van der Waals surface area contributed by atoms with E-state index in [1.165, 1.54) is 6.42 Å². The van der Waals surface area contributed by atoms with Crippen molar-refractivity contribution in [2.75, 3.05) is 56.9 Å². The smallest absolute Gasteiger partial charge is 0.162 e. The van der Waals surface area contributed by atoms with Gasteiger partial charge in [0.1, 0.15) is 11.6 Å². The highest BCUT2D eigenvalue weighted by molar-refractivity contribution is 7.91. The number of ether oxygens (including phenoxy) is 2. The maximum absolute atomic E-state index is 12.1. The summed E-state index contributed by atoms with van der Waals surface area (Å²) < 4.78 is 35.1. The molecule has 2 aromatic rings. The fourth-order valence-electron chi connectivity index (χ4n) is 4.74. The van der Waals surface area contributed by atoms with Gasteiger partial charge in [0, 0.05) is 31.1 Å². The Labute approximate surface area is 194 Å². The Hall–Kier alpha value is -2.21. The van der Waals surface area contributed by atoms with E-state index in [4.69, 9.17) is 19.4 Å². The van der Waals surface area contributed by atoms with Gasteiger partial charge < -0.3 is 24.6 Å². The highest BCUT2D eigenvalue weighted by Gasteiger charge is 2.40. The molecule has 0 bridgehead atoms. The lowest BCUT2D eigenvalue weighted by atomic mass is 10.1. The number of rotatable bonds is 8. The second kappa shape index (κ2) is 9.96. The fraction of sp³-hybridized carbons (Fsp3) is 0.636. The van der Waals surface area contributed by atoms with E-state index in [2.05, 4.69) is 4.90 Å². The van der Waals surface area contributed by atoms with Crippen LogP contribution in [0.2, 0.25) is 0 Å². The van der Waals surface area contributed by atoms with Gasteiger partial charge in [-0.25, -0.2) is 18.4 Å². The molecule has 0 saturated carbocycles. The van der Waals surface area contributed by atoms with E-state index in [1.54, 1.807) is 19.1 Å². The first kappa shape index (κ1) is 23.9. The van der Waals surface area contributed by atoms with Crippen LogP contribution >= 0.6 is 0 Å². The summed E-state index contributed by atoms with van der Waals surface area (Å²) in [4.78, 5) is 13.6. The average molecular weight is 481 g/mol. The van der Waals surface area contributed by atoms with Crippen molar-refractivity contribution in [3.8, 4) is 11.5 Å². The number of nitrogens with zero attached hydrogens (tertiary/aromatic N) is 4. The number of piperidine rings is 1. The lowest BCUT2D eigenvalue weighted by Gasteiger charge is -2.31. The molecule has 4 rings (SSSR count). The Balaban J connectivity index is 1.76. The normalized spacial score (nSPS) is 22.8. The van der Waals surface area contributed by atoms with Crippen molar-refractivity contribution in [3.63, 3.8) is 0 Å². The van der Waals surface area contributed by atoms with Crippen molar-refractivity contribution in [2.24, 2.45) is 0 Å². The number of hydrogen-bond donors (Lipinski definition) is 2. The largest absolute Gasteiger partial charge is 0.493 e. The third-order valence-electron chi connectivity index (χ3n) is 6.38. The summed E-state index contributed by atoms with van der Waals surface area (Å²) in [6, 6.07) is 3.10. The molecule has 2 aliphatic rings. The van der Waals surface area contributed by atoms with Crippen LogP contribution in [0.25, 0.3) is 10.9 Å². The Bertz CT molecular complexity index is 1090. The van der Waals surface area contributed by atoms with Gasteiger partial charge in [-0.3, -0.25) is 4.90 Å². The van der Waals surface area contributed by atoms with E-state index in [-0.39, 0.29) is 31.2 Å². The molecule has 10 nitrogen and oxygen atoms in total. The van der Waals surface area contributed by atoms with Gasteiger partial charge in [-0.2, -0.15) is 0 Å². The van der Waals surface area contributed by atoms with Gasteiger partial charge in [0.15, 0.2) is 21.3 Å². The molecule has 3 heterocycles. The van der Waals surface area contributed by atoms with Crippen molar-refractivity contribution in [1.29, 1.82) is 0 Å². The quantitative estimate of drug-likeness (QED) is 0.554. The third kappa shape index (κ3) is 5.16. The molecule has 2 N–H and O–H groups in total. The minimum Gasteiger partial charge on any atom is -0.493 e. The molecule has 11 heteroatoms. The number of aliphatic hydroxyl groups is 2. The van der Waals surface area contributed by atoms with Gasteiger partial charge >= 0.3 is 0 Å². The number of fused-ring (bicyclic) bond motifs is 1. The molecular weight excluding hydrogens is 448 g/mol. The summed E-state index contributed by atoms with van der Waals surface area (Å²) >= 11 is 0. The van der Waals surface area contributed by atoms with Gasteiger partial charge in [0.2, 0.25) is 0 Å². The van der Waals surface area contributed by atoms with E-state index in [0.29, 0.717) is 22.8 Å². The van der Waals surface area contributed by atoms with E-state index >= 15 is 0 Å². The number of aliphatic hydroxyl groups excluding tert-OH is 2. The highest BCUT2D eigenvalue weighted by Crippen LogP contribution is 2.36. The maximum atomic E-state index is 12.1. The van der Waals surface area contributed by atoms with E-state index in [0.717, 1.165) is 37.1 Å². The molecule has 0 radical (unpaired) electrons. The summed E-state index contributed by atoms with van der Waals surface area (Å²) in [5, 5.41) is 20.8. The molecule has 0 aliphatic carbocycles. The number of hydrogen-bond acceptors (Lipinski definition) is 10. The number of sulfone groups is 1. The average Bonchev–Trinajstić information content (AvgIpc) is 3.09. The molecule has 2 aliphatic heterocycles. The Morgan fingerprint density at radius 1 is 1.09 bits per heavy atom. The van der Waals surface area contributed by atoms with Gasteiger partial charge in [0.25, 0.3) is 0 Å².